The number of hydrogen-bond donors (Lipinski definition) is 0. The molecule has 0 saturated carbocycles. The summed E-state index contributed by atoms with van der Waals surface area (Å²) in [5.74, 6) is 0.767. The smallest absolute Gasteiger partial charge is 0.120 e. The maximum absolute atomic E-state index is 8.85. The molecular weight excluding hydrogens is 280 g/mol. The molecule has 0 aliphatic heterocycles. The second-order valence-electron chi connectivity index (χ2n) is 5.01. The third kappa shape index (κ3) is 4.59. The topological polar surface area (TPSA) is 36.3 Å². The molecule has 2 rings (SSSR count). The highest BCUT2D eigenvalue weighted by Gasteiger charge is 2.11. The Hall–Kier alpha value is -1.83. The SMILES string of the molecule is CC(c1cccs1)N(C)CCCOc1cccc(C#N)c1. The van der Waals surface area contributed by atoms with Gasteiger partial charge in [0.1, 0.15) is 5.75 Å². The molecule has 110 valence electrons. The third-order valence-electron chi connectivity index (χ3n) is 3.50. The first-order chi connectivity index (χ1) is 10.2. The lowest BCUT2D eigenvalue weighted by Crippen LogP contribution is -2.24. The van der Waals surface area contributed by atoms with Crippen LogP contribution in [-0.4, -0.2) is 25.1 Å². The Morgan fingerprint density at radius 3 is 2.90 bits per heavy atom. The van der Waals surface area contributed by atoms with E-state index in [-0.39, 0.29) is 0 Å². The van der Waals surface area contributed by atoms with Gasteiger partial charge in [0.15, 0.2) is 0 Å². The van der Waals surface area contributed by atoms with E-state index in [2.05, 4.69) is 42.5 Å². The molecule has 0 aliphatic rings. The van der Waals surface area contributed by atoms with Gasteiger partial charge >= 0.3 is 0 Å². The van der Waals surface area contributed by atoms with E-state index in [0.29, 0.717) is 18.2 Å². The minimum atomic E-state index is 0.437. The Morgan fingerprint density at radius 1 is 1.33 bits per heavy atom. The van der Waals surface area contributed by atoms with Crippen LogP contribution in [0.15, 0.2) is 41.8 Å². The van der Waals surface area contributed by atoms with E-state index in [9.17, 15) is 0 Å². The molecule has 0 amide bonds. The highest BCUT2D eigenvalue weighted by Crippen LogP contribution is 2.23. The quantitative estimate of drug-likeness (QED) is 0.723. The van der Waals surface area contributed by atoms with E-state index in [0.717, 1.165) is 18.7 Å². The fourth-order valence-electron chi connectivity index (χ4n) is 2.10. The van der Waals surface area contributed by atoms with Crippen LogP contribution in [0.1, 0.15) is 29.8 Å². The van der Waals surface area contributed by atoms with Crippen molar-refractivity contribution in [2.24, 2.45) is 0 Å². The van der Waals surface area contributed by atoms with Crippen molar-refractivity contribution in [1.82, 2.24) is 4.90 Å². The monoisotopic (exact) mass is 300 g/mol. The first-order valence-corrected chi connectivity index (χ1v) is 7.95. The predicted molar refractivity (Wildman–Crippen MR) is 86.6 cm³/mol. The van der Waals surface area contributed by atoms with Crippen LogP contribution >= 0.6 is 11.3 Å². The maximum atomic E-state index is 8.85. The van der Waals surface area contributed by atoms with Gasteiger partial charge in [0, 0.05) is 17.5 Å². The lowest BCUT2D eigenvalue weighted by molar-refractivity contribution is 0.228. The molecule has 0 aliphatic carbocycles. The standard InChI is InChI=1S/C17H20N2OS/c1-14(17-8-4-11-21-17)19(2)9-5-10-20-16-7-3-6-15(12-16)13-18/h3-4,6-8,11-12,14H,5,9-10H2,1-2H3. The van der Waals surface area contributed by atoms with Crippen LogP contribution in [0.5, 0.6) is 5.75 Å². The van der Waals surface area contributed by atoms with Crippen molar-refractivity contribution in [2.75, 3.05) is 20.2 Å². The lowest BCUT2D eigenvalue weighted by atomic mass is 10.2. The van der Waals surface area contributed by atoms with Crippen LogP contribution in [-0.2, 0) is 0 Å². The first kappa shape index (κ1) is 15.6. The molecule has 1 aromatic heterocycles. The van der Waals surface area contributed by atoms with Gasteiger partial charge in [0.2, 0.25) is 0 Å². The second-order valence-corrected chi connectivity index (χ2v) is 5.99. The largest absolute Gasteiger partial charge is 0.494 e. The van der Waals surface area contributed by atoms with Gasteiger partial charge in [-0.15, -0.1) is 11.3 Å². The number of ether oxygens (including phenoxy) is 1. The molecule has 21 heavy (non-hydrogen) atoms. The van der Waals surface area contributed by atoms with Crippen molar-refractivity contribution in [3.8, 4) is 11.8 Å². The van der Waals surface area contributed by atoms with Gasteiger partial charge in [0.05, 0.1) is 18.2 Å². The lowest BCUT2D eigenvalue weighted by Gasteiger charge is -2.23. The van der Waals surface area contributed by atoms with Crippen LogP contribution in [0.3, 0.4) is 0 Å². The Labute approximate surface area is 130 Å². The zero-order chi connectivity index (χ0) is 15.1. The van der Waals surface area contributed by atoms with Crippen molar-refractivity contribution < 1.29 is 4.74 Å². The summed E-state index contributed by atoms with van der Waals surface area (Å²) in [6.07, 6.45) is 0.961. The summed E-state index contributed by atoms with van der Waals surface area (Å²) in [7, 11) is 2.14. The van der Waals surface area contributed by atoms with Crippen LogP contribution in [0, 0.1) is 11.3 Å². The van der Waals surface area contributed by atoms with Gasteiger partial charge < -0.3 is 4.74 Å². The summed E-state index contributed by atoms with van der Waals surface area (Å²) < 4.78 is 5.69. The van der Waals surface area contributed by atoms with Gasteiger partial charge in [-0.1, -0.05) is 12.1 Å². The molecule has 0 bridgehead atoms. The van der Waals surface area contributed by atoms with E-state index in [1.807, 2.05) is 12.1 Å². The number of nitriles is 1. The summed E-state index contributed by atoms with van der Waals surface area (Å²) in [6, 6.07) is 14.1. The average Bonchev–Trinajstić information content (AvgIpc) is 3.05. The summed E-state index contributed by atoms with van der Waals surface area (Å²) in [6.45, 7) is 3.87. The molecule has 0 fully saturated rings. The highest BCUT2D eigenvalue weighted by atomic mass is 32.1. The van der Waals surface area contributed by atoms with Gasteiger partial charge in [-0.3, -0.25) is 4.90 Å². The molecule has 2 aromatic rings. The van der Waals surface area contributed by atoms with Crippen molar-refractivity contribution >= 4 is 11.3 Å². The molecule has 0 N–H and O–H groups in total. The average molecular weight is 300 g/mol. The molecule has 0 saturated heterocycles. The zero-order valence-corrected chi connectivity index (χ0v) is 13.3. The van der Waals surface area contributed by atoms with Crippen LogP contribution < -0.4 is 4.74 Å². The number of benzene rings is 1. The molecule has 1 aromatic carbocycles. The van der Waals surface area contributed by atoms with Crippen molar-refractivity contribution in [3.05, 3.63) is 52.2 Å². The molecule has 0 radical (unpaired) electrons. The fraction of sp³-hybridized carbons (Fsp3) is 0.353. The van der Waals surface area contributed by atoms with E-state index in [4.69, 9.17) is 10.00 Å². The van der Waals surface area contributed by atoms with Gasteiger partial charge in [-0.25, -0.2) is 0 Å². The predicted octanol–water partition coefficient (Wildman–Crippen LogP) is 4.08. The van der Waals surface area contributed by atoms with Crippen LogP contribution in [0.2, 0.25) is 0 Å². The maximum Gasteiger partial charge on any atom is 0.120 e. The van der Waals surface area contributed by atoms with Gasteiger partial charge in [0.25, 0.3) is 0 Å². The molecule has 1 heterocycles. The van der Waals surface area contributed by atoms with E-state index >= 15 is 0 Å². The Morgan fingerprint density at radius 2 is 2.19 bits per heavy atom. The summed E-state index contributed by atoms with van der Waals surface area (Å²) >= 11 is 1.80. The van der Waals surface area contributed by atoms with E-state index in [1.54, 1.807) is 23.5 Å². The Balaban J connectivity index is 1.73. The minimum absolute atomic E-state index is 0.437. The molecule has 1 unspecified atom stereocenters. The molecule has 0 spiro atoms. The van der Waals surface area contributed by atoms with Crippen molar-refractivity contribution in [2.45, 2.75) is 19.4 Å². The molecular formula is C17H20N2OS. The number of nitrogens with zero attached hydrogens (tertiary/aromatic N) is 2. The first-order valence-electron chi connectivity index (χ1n) is 7.07. The van der Waals surface area contributed by atoms with E-state index in [1.165, 1.54) is 4.88 Å². The summed E-state index contributed by atoms with van der Waals surface area (Å²) in [4.78, 5) is 3.72. The Bertz CT molecular complexity index is 589. The fourth-order valence-corrected chi connectivity index (χ4v) is 2.95. The normalized spacial score (nSPS) is 12.1. The highest BCUT2D eigenvalue weighted by molar-refractivity contribution is 7.10. The second kappa shape index (κ2) is 7.82. The van der Waals surface area contributed by atoms with Gasteiger partial charge in [-0.05, 0) is 50.0 Å². The van der Waals surface area contributed by atoms with Crippen molar-refractivity contribution in [1.29, 1.82) is 5.26 Å². The zero-order valence-electron chi connectivity index (χ0n) is 12.5. The molecule has 1 atom stereocenters. The summed E-state index contributed by atoms with van der Waals surface area (Å²) in [5.41, 5.74) is 0.635. The molecule has 4 heteroatoms. The Kier molecular flexibility index (Phi) is 5.79. The molecule has 3 nitrogen and oxygen atoms in total. The minimum Gasteiger partial charge on any atom is -0.494 e. The number of rotatable bonds is 7. The van der Waals surface area contributed by atoms with E-state index < -0.39 is 0 Å². The third-order valence-corrected chi connectivity index (χ3v) is 4.55. The van der Waals surface area contributed by atoms with Crippen LogP contribution in [0.4, 0.5) is 0 Å². The summed E-state index contributed by atoms with van der Waals surface area (Å²) in [5, 5.41) is 11.0. The van der Waals surface area contributed by atoms with Gasteiger partial charge in [-0.2, -0.15) is 5.26 Å². The number of hydrogen-bond acceptors (Lipinski definition) is 4. The number of thiophene rings is 1. The van der Waals surface area contributed by atoms with Crippen LogP contribution in [0.25, 0.3) is 0 Å². The van der Waals surface area contributed by atoms with Crippen molar-refractivity contribution in [3.63, 3.8) is 0 Å².